The number of unbranched alkanes of at least 4 members (excludes halogenated alkanes) is 1. The number of amides is 1. The van der Waals surface area contributed by atoms with Gasteiger partial charge in [0.25, 0.3) is 0 Å². The first-order valence-electron chi connectivity index (χ1n) is 6.35. The summed E-state index contributed by atoms with van der Waals surface area (Å²) >= 11 is 0. The molecule has 0 bridgehead atoms. The Morgan fingerprint density at radius 1 is 1.22 bits per heavy atom. The van der Waals surface area contributed by atoms with Gasteiger partial charge >= 0.3 is 0 Å². The van der Waals surface area contributed by atoms with Crippen LogP contribution in [0.5, 0.6) is 0 Å². The molecule has 0 aromatic heterocycles. The fourth-order valence-electron chi connectivity index (χ4n) is 1.62. The first-order valence-corrected chi connectivity index (χ1v) is 6.35. The highest BCUT2D eigenvalue weighted by Gasteiger charge is 2.01. The van der Waals surface area contributed by atoms with E-state index in [0.717, 1.165) is 18.5 Å². The van der Waals surface area contributed by atoms with Gasteiger partial charge in [-0.15, -0.1) is 12.4 Å². The van der Waals surface area contributed by atoms with Crippen molar-refractivity contribution in [1.82, 2.24) is 0 Å². The molecule has 0 saturated carbocycles. The average molecular weight is 271 g/mol. The minimum absolute atomic E-state index is 0. The number of carbonyl (C=O) groups is 1. The molecule has 1 rings (SSSR count). The number of aryl methyl sites for hydroxylation is 1. The van der Waals surface area contributed by atoms with Crippen LogP contribution >= 0.6 is 12.4 Å². The maximum atomic E-state index is 11.5. The van der Waals surface area contributed by atoms with Crippen molar-refractivity contribution in [3.05, 3.63) is 29.8 Å². The van der Waals surface area contributed by atoms with E-state index in [2.05, 4.69) is 24.4 Å². The lowest BCUT2D eigenvalue weighted by molar-refractivity contribution is -0.116. The molecule has 0 atom stereocenters. The van der Waals surface area contributed by atoms with Crippen LogP contribution in [0.1, 0.15) is 38.2 Å². The first kappa shape index (κ1) is 16.9. The van der Waals surface area contributed by atoms with Crippen LogP contribution in [0.15, 0.2) is 24.3 Å². The van der Waals surface area contributed by atoms with Crippen molar-refractivity contribution in [2.75, 3.05) is 11.9 Å². The molecule has 3 nitrogen and oxygen atoms in total. The zero-order valence-corrected chi connectivity index (χ0v) is 11.8. The number of hydrogen-bond acceptors (Lipinski definition) is 2. The molecule has 4 heteroatoms. The molecule has 0 aliphatic heterocycles. The number of rotatable bonds is 7. The van der Waals surface area contributed by atoms with Crippen molar-refractivity contribution in [3.63, 3.8) is 0 Å². The first-order chi connectivity index (χ1) is 8.26. The zero-order valence-electron chi connectivity index (χ0n) is 10.9. The molecule has 102 valence electrons. The Morgan fingerprint density at radius 3 is 2.44 bits per heavy atom. The van der Waals surface area contributed by atoms with Crippen LogP contribution in [0.4, 0.5) is 5.69 Å². The topological polar surface area (TPSA) is 55.1 Å². The third-order valence-electron chi connectivity index (χ3n) is 2.66. The van der Waals surface area contributed by atoms with Crippen molar-refractivity contribution in [3.8, 4) is 0 Å². The standard InChI is InChI=1S/C14H22N2O.ClH/c1-2-3-5-12-7-9-13(10-8-12)16-14(17)6-4-11-15;/h7-10H,2-6,11,15H2,1H3,(H,16,17);1H. The quantitative estimate of drug-likeness (QED) is 0.800. The van der Waals surface area contributed by atoms with Gasteiger partial charge in [-0.1, -0.05) is 25.5 Å². The molecular formula is C14H23ClN2O. The smallest absolute Gasteiger partial charge is 0.224 e. The molecular weight excluding hydrogens is 248 g/mol. The number of nitrogens with two attached hydrogens (primary N) is 1. The summed E-state index contributed by atoms with van der Waals surface area (Å²) in [6.45, 7) is 2.75. The van der Waals surface area contributed by atoms with E-state index in [4.69, 9.17) is 5.73 Å². The van der Waals surface area contributed by atoms with Crippen LogP contribution in [0.3, 0.4) is 0 Å². The van der Waals surface area contributed by atoms with Gasteiger partial charge in [0.2, 0.25) is 5.91 Å². The fraction of sp³-hybridized carbons (Fsp3) is 0.500. The summed E-state index contributed by atoms with van der Waals surface area (Å²) in [7, 11) is 0. The van der Waals surface area contributed by atoms with Crippen LogP contribution in [0.25, 0.3) is 0 Å². The van der Waals surface area contributed by atoms with Gasteiger partial charge in [0, 0.05) is 12.1 Å². The number of halogens is 1. The number of hydrogen-bond donors (Lipinski definition) is 2. The summed E-state index contributed by atoms with van der Waals surface area (Å²) in [4.78, 5) is 11.5. The Hall–Kier alpha value is -1.06. The molecule has 0 saturated heterocycles. The highest BCUT2D eigenvalue weighted by Crippen LogP contribution is 2.12. The lowest BCUT2D eigenvalue weighted by Crippen LogP contribution is -2.13. The summed E-state index contributed by atoms with van der Waals surface area (Å²) in [5.74, 6) is 0.0387. The van der Waals surface area contributed by atoms with Gasteiger partial charge in [-0.2, -0.15) is 0 Å². The zero-order chi connectivity index (χ0) is 12.5. The third-order valence-corrected chi connectivity index (χ3v) is 2.66. The molecule has 0 unspecified atom stereocenters. The number of nitrogens with one attached hydrogen (secondary N) is 1. The summed E-state index contributed by atoms with van der Waals surface area (Å²) in [5, 5.41) is 2.87. The second kappa shape index (κ2) is 9.92. The third kappa shape index (κ3) is 6.62. The number of carbonyl (C=O) groups excluding carboxylic acids is 1. The molecule has 0 heterocycles. The average Bonchev–Trinajstić information content (AvgIpc) is 2.35. The number of benzene rings is 1. The minimum atomic E-state index is 0. The Kier molecular flexibility index (Phi) is 9.33. The van der Waals surface area contributed by atoms with E-state index in [9.17, 15) is 4.79 Å². The molecule has 0 aliphatic rings. The van der Waals surface area contributed by atoms with Gasteiger partial charge in [-0.05, 0) is 43.5 Å². The second-order valence-corrected chi connectivity index (χ2v) is 4.24. The predicted octanol–water partition coefficient (Wildman–Crippen LogP) is 3.13. The van der Waals surface area contributed by atoms with Gasteiger partial charge in [0.15, 0.2) is 0 Å². The highest BCUT2D eigenvalue weighted by molar-refractivity contribution is 5.90. The van der Waals surface area contributed by atoms with Gasteiger partial charge < -0.3 is 11.1 Å². The fourth-order valence-corrected chi connectivity index (χ4v) is 1.62. The second-order valence-electron chi connectivity index (χ2n) is 4.24. The molecule has 1 aromatic carbocycles. The molecule has 0 aliphatic carbocycles. The maximum Gasteiger partial charge on any atom is 0.224 e. The van der Waals surface area contributed by atoms with Crippen molar-refractivity contribution < 1.29 is 4.79 Å². The SMILES string of the molecule is CCCCc1ccc(NC(=O)CCCN)cc1.Cl. The summed E-state index contributed by atoms with van der Waals surface area (Å²) < 4.78 is 0. The molecule has 0 fully saturated rings. The van der Waals surface area contributed by atoms with Crippen LogP contribution in [-0.4, -0.2) is 12.5 Å². The van der Waals surface area contributed by atoms with E-state index in [1.54, 1.807) is 0 Å². The molecule has 0 spiro atoms. The van der Waals surface area contributed by atoms with Crippen molar-refractivity contribution >= 4 is 24.0 Å². The summed E-state index contributed by atoms with van der Waals surface area (Å²) in [5.41, 5.74) is 7.55. The van der Waals surface area contributed by atoms with Crippen LogP contribution in [0, 0.1) is 0 Å². The van der Waals surface area contributed by atoms with E-state index >= 15 is 0 Å². The van der Waals surface area contributed by atoms with E-state index in [1.807, 2.05) is 12.1 Å². The van der Waals surface area contributed by atoms with Gasteiger partial charge in [-0.25, -0.2) is 0 Å². The van der Waals surface area contributed by atoms with E-state index < -0.39 is 0 Å². The van der Waals surface area contributed by atoms with Crippen LogP contribution in [0.2, 0.25) is 0 Å². The van der Waals surface area contributed by atoms with Crippen LogP contribution < -0.4 is 11.1 Å². The van der Waals surface area contributed by atoms with E-state index in [-0.39, 0.29) is 18.3 Å². The predicted molar refractivity (Wildman–Crippen MR) is 79.2 cm³/mol. The van der Waals surface area contributed by atoms with Gasteiger partial charge in [-0.3, -0.25) is 4.79 Å². The minimum Gasteiger partial charge on any atom is -0.330 e. The summed E-state index contributed by atoms with van der Waals surface area (Å²) in [6, 6.07) is 8.08. The largest absolute Gasteiger partial charge is 0.330 e. The lowest BCUT2D eigenvalue weighted by atomic mass is 10.1. The highest BCUT2D eigenvalue weighted by atomic mass is 35.5. The molecule has 3 N–H and O–H groups in total. The summed E-state index contributed by atoms with van der Waals surface area (Å²) in [6.07, 6.45) is 4.76. The maximum absolute atomic E-state index is 11.5. The van der Waals surface area contributed by atoms with Crippen molar-refractivity contribution in [2.45, 2.75) is 39.0 Å². The molecule has 0 radical (unpaired) electrons. The lowest BCUT2D eigenvalue weighted by Gasteiger charge is -2.06. The van der Waals surface area contributed by atoms with Crippen LogP contribution in [-0.2, 0) is 11.2 Å². The molecule has 18 heavy (non-hydrogen) atoms. The monoisotopic (exact) mass is 270 g/mol. The van der Waals surface area contributed by atoms with E-state index in [1.165, 1.54) is 18.4 Å². The normalized spacial score (nSPS) is 9.67. The molecule has 1 aromatic rings. The van der Waals surface area contributed by atoms with Gasteiger partial charge in [0.05, 0.1) is 0 Å². The number of anilines is 1. The Labute approximate surface area is 116 Å². The molecule has 1 amide bonds. The van der Waals surface area contributed by atoms with Crippen molar-refractivity contribution in [2.24, 2.45) is 5.73 Å². The Morgan fingerprint density at radius 2 is 1.89 bits per heavy atom. The van der Waals surface area contributed by atoms with Crippen molar-refractivity contribution in [1.29, 1.82) is 0 Å². The van der Waals surface area contributed by atoms with Gasteiger partial charge in [0.1, 0.15) is 0 Å². The van der Waals surface area contributed by atoms with E-state index in [0.29, 0.717) is 13.0 Å². The Bertz CT molecular complexity index is 338. The Balaban J connectivity index is 0.00000289.